The summed E-state index contributed by atoms with van der Waals surface area (Å²) >= 11 is 0. The fourth-order valence-corrected chi connectivity index (χ4v) is 2.92. The molecule has 0 saturated carbocycles. The number of halogens is 1. The summed E-state index contributed by atoms with van der Waals surface area (Å²) in [7, 11) is -1.29. The number of nitrogen functional groups attached to an aromatic ring is 1. The van der Waals surface area contributed by atoms with E-state index in [2.05, 4.69) is 0 Å². The van der Waals surface area contributed by atoms with E-state index in [0.29, 0.717) is 4.90 Å². The summed E-state index contributed by atoms with van der Waals surface area (Å²) in [5, 5.41) is -0.186. The molecule has 18 heavy (non-hydrogen) atoms. The Morgan fingerprint density at radius 3 is 2.44 bits per heavy atom. The minimum atomic E-state index is -1.29. The lowest BCUT2D eigenvalue weighted by Crippen LogP contribution is -2.04. The third kappa shape index (κ3) is 2.59. The van der Waals surface area contributed by atoms with Crippen molar-refractivity contribution in [3.05, 3.63) is 59.9 Å². The monoisotopic (exact) mass is 263 g/mol. The fraction of sp³-hybridized carbons (Fsp3) is 0.143. The Bertz CT molecular complexity index is 571. The molecule has 2 atom stereocenters. The topological polar surface area (TPSA) is 43.1 Å². The van der Waals surface area contributed by atoms with Crippen LogP contribution in [-0.2, 0) is 10.8 Å². The van der Waals surface area contributed by atoms with Crippen molar-refractivity contribution in [3.8, 4) is 0 Å². The summed E-state index contributed by atoms with van der Waals surface area (Å²) in [6.07, 6.45) is 0. The van der Waals surface area contributed by atoms with Crippen molar-refractivity contribution in [1.82, 2.24) is 0 Å². The van der Waals surface area contributed by atoms with E-state index in [9.17, 15) is 8.60 Å². The molecule has 0 heterocycles. The highest BCUT2D eigenvalue weighted by Crippen LogP contribution is 2.26. The molecule has 0 saturated heterocycles. The van der Waals surface area contributed by atoms with Gasteiger partial charge in [0.15, 0.2) is 0 Å². The summed E-state index contributed by atoms with van der Waals surface area (Å²) < 4.78 is 25.7. The SMILES string of the molecule is CC(c1ccccc1)S(=O)c1ccc(N)c(F)c1. The molecular weight excluding hydrogens is 249 g/mol. The second-order valence-electron chi connectivity index (χ2n) is 4.03. The maximum absolute atomic E-state index is 13.3. The van der Waals surface area contributed by atoms with Crippen LogP contribution in [0.2, 0.25) is 0 Å². The van der Waals surface area contributed by atoms with Crippen molar-refractivity contribution in [2.45, 2.75) is 17.1 Å². The van der Waals surface area contributed by atoms with Crippen LogP contribution < -0.4 is 5.73 Å². The summed E-state index contributed by atoms with van der Waals surface area (Å²) in [6.45, 7) is 1.86. The van der Waals surface area contributed by atoms with E-state index in [4.69, 9.17) is 5.73 Å². The van der Waals surface area contributed by atoms with Gasteiger partial charge in [0.05, 0.1) is 21.7 Å². The average Bonchev–Trinajstić information content (AvgIpc) is 2.41. The Hall–Kier alpha value is -1.68. The van der Waals surface area contributed by atoms with Gasteiger partial charge in [-0.1, -0.05) is 30.3 Å². The Balaban J connectivity index is 2.29. The highest BCUT2D eigenvalue weighted by molar-refractivity contribution is 7.85. The molecule has 2 aromatic rings. The predicted molar refractivity (Wildman–Crippen MR) is 72.1 cm³/mol. The van der Waals surface area contributed by atoms with Crippen LogP contribution in [0.3, 0.4) is 0 Å². The molecule has 2 unspecified atom stereocenters. The largest absolute Gasteiger partial charge is 0.396 e. The zero-order chi connectivity index (χ0) is 13.1. The van der Waals surface area contributed by atoms with Gasteiger partial charge in [-0.25, -0.2) is 4.39 Å². The molecule has 0 bridgehead atoms. The quantitative estimate of drug-likeness (QED) is 0.864. The minimum absolute atomic E-state index is 0.0723. The molecule has 94 valence electrons. The molecule has 2 N–H and O–H groups in total. The smallest absolute Gasteiger partial charge is 0.147 e. The van der Waals surface area contributed by atoms with Gasteiger partial charge in [0.1, 0.15) is 5.82 Å². The van der Waals surface area contributed by atoms with Crippen molar-refractivity contribution < 1.29 is 8.60 Å². The van der Waals surface area contributed by atoms with Gasteiger partial charge in [-0.15, -0.1) is 0 Å². The number of hydrogen-bond donors (Lipinski definition) is 1. The molecule has 0 aliphatic carbocycles. The van der Waals surface area contributed by atoms with E-state index >= 15 is 0 Å². The van der Waals surface area contributed by atoms with Crippen LogP contribution >= 0.6 is 0 Å². The molecule has 0 amide bonds. The predicted octanol–water partition coefficient (Wildman–Crippen LogP) is 3.28. The zero-order valence-electron chi connectivity index (χ0n) is 9.97. The summed E-state index contributed by atoms with van der Waals surface area (Å²) in [4.78, 5) is 0.457. The maximum atomic E-state index is 13.3. The van der Waals surface area contributed by atoms with Gasteiger partial charge < -0.3 is 5.73 Å². The first-order chi connectivity index (χ1) is 8.59. The lowest BCUT2D eigenvalue weighted by molar-refractivity contribution is 0.626. The van der Waals surface area contributed by atoms with Crippen LogP contribution in [0.15, 0.2) is 53.4 Å². The van der Waals surface area contributed by atoms with Crippen LogP contribution in [0.1, 0.15) is 17.7 Å². The van der Waals surface area contributed by atoms with Crippen molar-refractivity contribution >= 4 is 16.5 Å². The Morgan fingerprint density at radius 1 is 1.17 bits per heavy atom. The molecule has 2 rings (SSSR count). The second kappa shape index (κ2) is 5.31. The molecule has 0 aromatic heterocycles. The van der Waals surface area contributed by atoms with Crippen molar-refractivity contribution in [2.24, 2.45) is 0 Å². The van der Waals surface area contributed by atoms with Crippen LogP contribution in [0.25, 0.3) is 0 Å². The highest BCUT2D eigenvalue weighted by Gasteiger charge is 2.16. The van der Waals surface area contributed by atoms with Gasteiger partial charge in [0, 0.05) is 4.90 Å². The summed E-state index contributed by atoms with van der Waals surface area (Å²) in [5.41, 5.74) is 6.44. The first-order valence-corrected chi connectivity index (χ1v) is 6.81. The molecule has 2 nitrogen and oxygen atoms in total. The van der Waals surface area contributed by atoms with E-state index in [1.807, 2.05) is 37.3 Å². The van der Waals surface area contributed by atoms with Crippen LogP contribution in [0.4, 0.5) is 10.1 Å². The molecule has 0 fully saturated rings. The third-order valence-corrected chi connectivity index (χ3v) is 4.43. The summed E-state index contributed by atoms with van der Waals surface area (Å²) in [6, 6.07) is 13.8. The Kier molecular flexibility index (Phi) is 3.77. The van der Waals surface area contributed by atoms with E-state index in [1.165, 1.54) is 12.1 Å². The Morgan fingerprint density at radius 2 is 1.83 bits per heavy atom. The van der Waals surface area contributed by atoms with E-state index in [1.54, 1.807) is 6.07 Å². The molecule has 0 aliphatic rings. The zero-order valence-corrected chi connectivity index (χ0v) is 10.8. The van der Waals surface area contributed by atoms with Gasteiger partial charge in [-0.2, -0.15) is 0 Å². The first kappa shape index (κ1) is 12.8. The lowest BCUT2D eigenvalue weighted by atomic mass is 10.2. The Labute approximate surface area is 108 Å². The molecular formula is C14H14FNOS. The summed E-state index contributed by atoms with van der Waals surface area (Å²) in [5.74, 6) is -0.527. The number of nitrogens with two attached hydrogens (primary N) is 1. The van der Waals surface area contributed by atoms with Crippen LogP contribution in [0, 0.1) is 5.82 Å². The number of hydrogen-bond acceptors (Lipinski definition) is 2. The van der Waals surface area contributed by atoms with Gasteiger partial charge in [0.2, 0.25) is 0 Å². The van der Waals surface area contributed by atoms with Crippen molar-refractivity contribution in [2.75, 3.05) is 5.73 Å². The molecule has 4 heteroatoms. The standard InChI is InChI=1S/C14H14FNOS/c1-10(11-5-3-2-4-6-11)18(17)12-7-8-14(16)13(15)9-12/h2-10H,16H2,1H3. The minimum Gasteiger partial charge on any atom is -0.396 e. The van der Waals surface area contributed by atoms with Gasteiger partial charge in [0.25, 0.3) is 0 Å². The molecule has 2 aromatic carbocycles. The lowest BCUT2D eigenvalue weighted by Gasteiger charge is -2.12. The highest BCUT2D eigenvalue weighted by atomic mass is 32.2. The van der Waals surface area contributed by atoms with Gasteiger partial charge >= 0.3 is 0 Å². The average molecular weight is 263 g/mol. The van der Waals surface area contributed by atoms with E-state index < -0.39 is 16.6 Å². The van der Waals surface area contributed by atoms with Crippen molar-refractivity contribution in [3.63, 3.8) is 0 Å². The second-order valence-corrected chi connectivity index (χ2v) is 5.81. The fourth-order valence-electron chi connectivity index (χ4n) is 1.68. The van der Waals surface area contributed by atoms with Crippen LogP contribution in [0.5, 0.6) is 0 Å². The third-order valence-electron chi connectivity index (χ3n) is 2.79. The molecule has 0 radical (unpaired) electrons. The van der Waals surface area contributed by atoms with E-state index in [0.717, 1.165) is 5.56 Å². The maximum Gasteiger partial charge on any atom is 0.147 e. The van der Waals surface area contributed by atoms with Crippen LogP contribution in [-0.4, -0.2) is 4.21 Å². The van der Waals surface area contributed by atoms with Gasteiger partial charge in [-0.05, 0) is 30.7 Å². The van der Waals surface area contributed by atoms with Crippen molar-refractivity contribution in [1.29, 1.82) is 0 Å². The molecule has 0 spiro atoms. The number of benzene rings is 2. The van der Waals surface area contributed by atoms with E-state index in [-0.39, 0.29) is 10.9 Å². The van der Waals surface area contributed by atoms with Gasteiger partial charge in [-0.3, -0.25) is 4.21 Å². The normalized spacial score (nSPS) is 14.1. The number of rotatable bonds is 3. The molecule has 0 aliphatic heterocycles. The first-order valence-electron chi connectivity index (χ1n) is 5.60. The number of anilines is 1.